The van der Waals surface area contributed by atoms with Crippen LogP contribution in [0.15, 0.2) is 48.7 Å². The van der Waals surface area contributed by atoms with Crippen LogP contribution in [0.3, 0.4) is 0 Å². The van der Waals surface area contributed by atoms with Gasteiger partial charge in [-0.2, -0.15) is 5.10 Å². The van der Waals surface area contributed by atoms with E-state index >= 15 is 0 Å². The molecule has 0 atom stereocenters. The summed E-state index contributed by atoms with van der Waals surface area (Å²) in [4.78, 5) is 16.1. The van der Waals surface area contributed by atoms with Crippen molar-refractivity contribution < 1.29 is 4.79 Å². The summed E-state index contributed by atoms with van der Waals surface area (Å²) in [5, 5.41) is 15.5. The molecule has 5 N–H and O–H groups in total. The molecule has 0 spiro atoms. The summed E-state index contributed by atoms with van der Waals surface area (Å²) in [6, 6.07) is 13.0. The van der Waals surface area contributed by atoms with E-state index < -0.39 is 5.91 Å². The molecule has 0 fully saturated rings. The van der Waals surface area contributed by atoms with E-state index in [1.807, 2.05) is 36.4 Å². The normalized spacial score (nSPS) is 10.9. The van der Waals surface area contributed by atoms with Gasteiger partial charge in [0.25, 0.3) is 5.91 Å². The fourth-order valence-electron chi connectivity index (χ4n) is 2.72. The first-order valence-electron chi connectivity index (χ1n) is 7.46. The van der Waals surface area contributed by atoms with E-state index in [4.69, 9.17) is 11.5 Å². The zero-order chi connectivity index (χ0) is 17.4. The first-order chi connectivity index (χ1) is 12.1. The zero-order valence-electron chi connectivity index (χ0n) is 13.0. The van der Waals surface area contributed by atoms with Gasteiger partial charge in [-0.15, -0.1) is 10.2 Å². The molecule has 1 amide bonds. The van der Waals surface area contributed by atoms with Crippen LogP contribution >= 0.6 is 0 Å². The average molecular weight is 331 g/mol. The molecule has 0 radical (unpaired) electrons. The van der Waals surface area contributed by atoms with Crippen LogP contribution in [0.5, 0.6) is 0 Å². The summed E-state index contributed by atoms with van der Waals surface area (Å²) in [5.74, 6) is -0.490. The van der Waals surface area contributed by atoms with Gasteiger partial charge in [-0.25, -0.2) is 4.98 Å². The number of primary amides is 1. The molecule has 0 saturated heterocycles. The molecule has 0 saturated carbocycles. The lowest BCUT2D eigenvalue weighted by Crippen LogP contribution is -2.12. The first-order valence-corrected chi connectivity index (χ1v) is 7.46. The predicted octanol–water partition coefficient (Wildman–Crippen LogP) is 1.76. The standard InChI is InChI=1S/C17H13N7O/c18-16(25)12-7-10(6-11-8-20-22-13(11)12)15-14(21-17(19)24-23-15)9-4-2-1-3-5-9/h1-8H,(H2,18,25)(H,20,22)(H2,19,21,24). The van der Waals surface area contributed by atoms with Crippen LogP contribution in [0, 0.1) is 0 Å². The van der Waals surface area contributed by atoms with E-state index in [0.717, 1.165) is 10.9 Å². The van der Waals surface area contributed by atoms with E-state index in [2.05, 4.69) is 25.4 Å². The number of rotatable bonds is 3. The Morgan fingerprint density at radius 1 is 1.00 bits per heavy atom. The minimum Gasteiger partial charge on any atom is -0.366 e. The molecule has 4 aromatic rings. The highest BCUT2D eigenvalue weighted by Crippen LogP contribution is 2.31. The number of nitrogen functional groups attached to an aromatic ring is 1. The molecule has 0 aliphatic rings. The summed E-state index contributed by atoms with van der Waals surface area (Å²) < 4.78 is 0. The Kier molecular flexibility index (Phi) is 3.35. The lowest BCUT2D eigenvalue weighted by Gasteiger charge is -2.09. The maximum absolute atomic E-state index is 11.8. The molecular weight excluding hydrogens is 318 g/mol. The van der Waals surface area contributed by atoms with Gasteiger partial charge in [-0.3, -0.25) is 9.89 Å². The third kappa shape index (κ3) is 2.55. The SMILES string of the molecule is NC(=O)c1cc(-c2nnc(N)nc2-c2ccccc2)cc2cn[nH]c12. The van der Waals surface area contributed by atoms with Crippen molar-refractivity contribution in [3.8, 4) is 22.5 Å². The van der Waals surface area contributed by atoms with Crippen LogP contribution in [-0.2, 0) is 0 Å². The van der Waals surface area contributed by atoms with E-state index in [9.17, 15) is 4.79 Å². The highest BCUT2D eigenvalue weighted by Gasteiger charge is 2.17. The number of fused-ring (bicyclic) bond motifs is 1. The van der Waals surface area contributed by atoms with Gasteiger partial charge in [-0.1, -0.05) is 30.3 Å². The summed E-state index contributed by atoms with van der Waals surface area (Å²) in [5.41, 5.74) is 14.7. The van der Waals surface area contributed by atoms with Crippen molar-refractivity contribution in [2.45, 2.75) is 0 Å². The number of carbonyl (C=O) groups is 1. The van der Waals surface area contributed by atoms with Crippen LogP contribution in [-0.4, -0.2) is 31.3 Å². The lowest BCUT2D eigenvalue weighted by atomic mass is 10.0. The highest BCUT2D eigenvalue weighted by molar-refractivity contribution is 6.06. The number of amides is 1. The van der Waals surface area contributed by atoms with E-state index in [1.54, 1.807) is 12.3 Å². The highest BCUT2D eigenvalue weighted by atomic mass is 16.1. The maximum atomic E-state index is 11.8. The van der Waals surface area contributed by atoms with Gasteiger partial charge < -0.3 is 11.5 Å². The number of nitrogens with zero attached hydrogens (tertiary/aromatic N) is 4. The molecule has 4 rings (SSSR count). The molecule has 2 heterocycles. The summed E-state index contributed by atoms with van der Waals surface area (Å²) in [7, 11) is 0. The van der Waals surface area contributed by atoms with Crippen molar-refractivity contribution in [3.05, 3.63) is 54.2 Å². The topological polar surface area (TPSA) is 136 Å². The number of anilines is 1. The zero-order valence-corrected chi connectivity index (χ0v) is 13.0. The Morgan fingerprint density at radius 3 is 2.56 bits per heavy atom. The van der Waals surface area contributed by atoms with Crippen molar-refractivity contribution in [1.29, 1.82) is 0 Å². The van der Waals surface area contributed by atoms with Crippen molar-refractivity contribution >= 4 is 22.8 Å². The van der Waals surface area contributed by atoms with Gasteiger partial charge in [0.2, 0.25) is 5.95 Å². The van der Waals surface area contributed by atoms with Crippen LogP contribution < -0.4 is 11.5 Å². The monoisotopic (exact) mass is 331 g/mol. The molecule has 0 aliphatic heterocycles. The molecule has 0 aliphatic carbocycles. The number of aromatic nitrogens is 5. The number of nitrogens with one attached hydrogen (secondary N) is 1. The fraction of sp³-hybridized carbons (Fsp3) is 0. The molecule has 0 unspecified atom stereocenters. The number of benzene rings is 2. The van der Waals surface area contributed by atoms with Gasteiger partial charge in [0.05, 0.1) is 17.3 Å². The van der Waals surface area contributed by atoms with Gasteiger partial charge in [0.15, 0.2) is 0 Å². The summed E-state index contributed by atoms with van der Waals surface area (Å²) in [6.45, 7) is 0. The minimum absolute atomic E-state index is 0.0714. The predicted molar refractivity (Wildman–Crippen MR) is 93.3 cm³/mol. The second-order valence-corrected chi connectivity index (χ2v) is 5.46. The maximum Gasteiger partial charge on any atom is 0.250 e. The molecule has 8 nitrogen and oxygen atoms in total. The Hall–Kier alpha value is -3.81. The van der Waals surface area contributed by atoms with E-state index in [1.165, 1.54) is 0 Å². The van der Waals surface area contributed by atoms with Crippen molar-refractivity contribution in [2.24, 2.45) is 5.73 Å². The van der Waals surface area contributed by atoms with Crippen LogP contribution in [0.2, 0.25) is 0 Å². The fourth-order valence-corrected chi connectivity index (χ4v) is 2.72. The van der Waals surface area contributed by atoms with Gasteiger partial charge in [-0.05, 0) is 12.1 Å². The quantitative estimate of drug-likeness (QED) is 0.523. The Balaban J connectivity index is 2.00. The third-order valence-corrected chi connectivity index (χ3v) is 3.84. The first kappa shape index (κ1) is 14.8. The van der Waals surface area contributed by atoms with Crippen LogP contribution in [0.25, 0.3) is 33.4 Å². The van der Waals surface area contributed by atoms with Gasteiger partial charge in [0, 0.05) is 16.5 Å². The third-order valence-electron chi connectivity index (χ3n) is 3.84. The van der Waals surface area contributed by atoms with Gasteiger partial charge >= 0.3 is 0 Å². The summed E-state index contributed by atoms with van der Waals surface area (Å²) >= 11 is 0. The van der Waals surface area contributed by atoms with Crippen LogP contribution in [0.1, 0.15) is 10.4 Å². The Morgan fingerprint density at radius 2 is 1.80 bits per heavy atom. The number of H-pyrrole nitrogens is 1. The lowest BCUT2D eigenvalue weighted by molar-refractivity contribution is 0.100. The van der Waals surface area contributed by atoms with E-state index in [0.29, 0.717) is 28.0 Å². The largest absolute Gasteiger partial charge is 0.366 e. The molecule has 122 valence electrons. The average Bonchev–Trinajstić information content (AvgIpc) is 3.10. The number of hydrogen-bond donors (Lipinski definition) is 3. The number of hydrogen-bond acceptors (Lipinski definition) is 6. The number of nitrogens with two attached hydrogens (primary N) is 2. The van der Waals surface area contributed by atoms with Crippen molar-refractivity contribution in [3.63, 3.8) is 0 Å². The van der Waals surface area contributed by atoms with Crippen LogP contribution in [0.4, 0.5) is 5.95 Å². The molecule has 2 aromatic heterocycles. The minimum atomic E-state index is -0.561. The second kappa shape index (κ2) is 5.68. The number of aromatic amines is 1. The molecule has 25 heavy (non-hydrogen) atoms. The van der Waals surface area contributed by atoms with Crippen molar-refractivity contribution in [1.82, 2.24) is 25.4 Å². The smallest absolute Gasteiger partial charge is 0.250 e. The molecular formula is C17H13N7O. The molecule has 2 aromatic carbocycles. The number of carbonyl (C=O) groups excluding carboxylic acids is 1. The molecule has 8 heteroatoms. The van der Waals surface area contributed by atoms with Gasteiger partial charge in [0.1, 0.15) is 11.4 Å². The molecule has 0 bridgehead atoms. The van der Waals surface area contributed by atoms with E-state index in [-0.39, 0.29) is 5.95 Å². The Labute approximate surface area is 141 Å². The summed E-state index contributed by atoms with van der Waals surface area (Å²) in [6.07, 6.45) is 1.62. The van der Waals surface area contributed by atoms with Crippen molar-refractivity contribution in [2.75, 3.05) is 5.73 Å². The second-order valence-electron chi connectivity index (χ2n) is 5.46. The Bertz CT molecular complexity index is 1090.